The lowest BCUT2D eigenvalue weighted by molar-refractivity contribution is 0.0748. The molecule has 6 heteroatoms. The number of fused-ring (bicyclic) bond motifs is 3. The monoisotopic (exact) mass is 353 g/mol. The third-order valence-electron chi connectivity index (χ3n) is 4.66. The third kappa shape index (κ3) is 3.60. The Bertz CT molecular complexity index is 694. The quantitative estimate of drug-likeness (QED) is 0.856. The highest BCUT2D eigenvalue weighted by Crippen LogP contribution is 2.22. The Kier molecular flexibility index (Phi) is 5.84. The van der Waals surface area contributed by atoms with Crippen molar-refractivity contribution in [3.63, 3.8) is 0 Å². The molecule has 0 radical (unpaired) electrons. The Labute approximate surface area is 148 Å². The van der Waals surface area contributed by atoms with Crippen LogP contribution in [0, 0.1) is 0 Å². The average molecular weight is 354 g/mol. The van der Waals surface area contributed by atoms with Gasteiger partial charge in [0, 0.05) is 42.3 Å². The van der Waals surface area contributed by atoms with Crippen molar-refractivity contribution in [3.05, 3.63) is 42.1 Å². The highest BCUT2D eigenvalue weighted by atomic mass is 35.5. The maximum Gasteiger partial charge on any atom is 0.253 e. The molecule has 1 N–H and O–H groups in total. The molecule has 2 atom stereocenters. The zero-order valence-electron chi connectivity index (χ0n) is 12.8. The molecule has 2 aliphatic heterocycles. The topological polar surface area (TPSA) is 45.2 Å². The Morgan fingerprint density at radius 2 is 1.96 bits per heavy atom. The first kappa shape index (κ1) is 18.0. The second kappa shape index (κ2) is 7.47. The van der Waals surface area contributed by atoms with E-state index in [0.717, 1.165) is 36.0 Å². The van der Waals surface area contributed by atoms with Gasteiger partial charge < -0.3 is 10.2 Å². The molecule has 0 aliphatic carbocycles. The standard InChI is InChI=1S/C17H19N3O.2ClH/c21-17(20-9-7-14-4-5-15(11-20)19-14)13-3-6-16-12(10-13)2-1-8-18-16;;/h1-3,6,8,10,14-15,19H,4-5,7,9,11H2;2*1H. The number of hydrogen-bond donors (Lipinski definition) is 1. The van der Waals surface area contributed by atoms with Gasteiger partial charge in [-0.2, -0.15) is 0 Å². The molecule has 2 fully saturated rings. The van der Waals surface area contributed by atoms with E-state index in [9.17, 15) is 4.79 Å². The normalized spacial score (nSPS) is 22.9. The zero-order chi connectivity index (χ0) is 14.2. The van der Waals surface area contributed by atoms with Gasteiger partial charge in [-0.1, -0.05) is 6.07 Å². The number of likely N-dealkylation sites (tertiary alicyclic amines) is 1. The second-order valence-corrected chi connectivity index (χ2v) is 6.09. The van der Waals surface area contributed by atoms with Crippen LogP contribution in [-0.2, 0) is 0 Å². The molecular weight excluding hydrogens is 333 g/mol. The lowest BCUT2D eigenvalue weighted by atomic mass is 10.1. The summed E-state index contributed by atoms with van der Waals surface area (Å²) in [5.41, 5.74) is 1.71. The summed E-state index contributed by atoms with van der Waals surface area (Å²) < 4.78 is 0. The molecular formula is C17H21Cl2N3O. The average Bonchev–Trinajstić information content (AvgIpc) is 2.85. The summed E-state index contributed by atoms with van der Waals surface area (Å²) in [7, 11) is 0. The molecule has 1 aromatic carbocycles. The van der Waals surface area contributed by atoms with Crippen molar-refractivity contribution in [2.45, 2.75) is 31.3 Å². The first-order valence-electron chi connectivity index (χ1n) is 7.70. The van der Waals surface area contributed by atoms with E-state index >= 15 is 0 Å². The van der Waals surface area contributed by atoms with E-state index in [-0.39, 0.29) is 30.7 Å². The van der Waals surface area contributed by atoms with Crippen LogP contribution >= 0.6 is 24.8 Å². The van der Waals surface area contributed by atoms with Gasteiger partial charge in [0.15, 0.2) is 0 Å². The Morgan fingerprint density at radius 3 is 2.83 bits per heavy atom. The SMILES string of the molecule is Cl.Cl.O=C(c1ccc2ncccc2c1)N1CCC2CCC(C1)N2. The maximum absolute atomic E-state index is 12.8. The van der Waals surface area contributed by atoms with Crippen LogP contribution in [0.1, 0.15) is 29.6 Å². The summed E-state index contributed by atoms with van der Waals surface area (Å²) in [5.74, 6) is 0.148. The minimum absolute atomic E-state index is 0. The van der Waals surface area contributed by atoms with E-state index in [1.54, 1.807) is 6.20 Å². The number of nitrogens with one attached hydrogen (secondary N) is 1. The number of halogens is 2. The minimum atomic E-state index is 0. The molecule has 4 rings (SSSR count). The number of nitrogens with zero attached hydrogens (tertiary/aromatic N) is 2. The Balaban J connectivity index is 0.000000960. The first-order valence-corrected chi connectivity index (χ1v) is 7.70. The third-order valence-corrected chi connectivity index (χ3v) is 4.66. The largest absolute Gasteiger partial charge is 0.337 e. The van der Waals surface area contributed by atoms with Gasteiger partial charge in [-0.25, -0.2) is 0 Å². The molecule has 2 aliphatic rings. The molecule has 2 bridgehead atoms. The van der Waals surface area contributed by atoms with Crippen LogP contribution in [0.4, 0.5) is 0 Å². The highest BCUT2D eigenvalue weighted by molar-refractivity contribution is 5.98. The van der Waals surface area contributed by atoms with Crippen molar-refractivity contribution < 1.29 is 4.79 Å². The van der Waals surface area contributed by atoms with Crippen LogP contribution in [0.25, 0.3) is 10.9 Å². The fraction of sp³-hybridized carbons (Fsp3) is 0.412. The zero-order valence-corrected chi connectivity index (χ0v) is 14.4. The lowest BCUT2D eigenvalue weighted by Gasteiger charge is -2.24. The minimum Gasteiger partial charge on any atom is -0.337 e. The van der Waals surface area contributed by atoms with E-state index < -0.39 is 0 Å². The number of amides is 1. The second-order valence-electron chi connectivity index (χ2n) is 6.09. The van der Waals surface area contributed by atoms with E-state index in [1.165, 1.54) is 12.8 Å². The van der Waals surface area contributed by atoms with Crippen LogP contribution in [0.2, 0.25) is 0 Å². The van der Waals surface area contributed by atoms with Crippen molar-refractivity contribution in [3.8, 4) is 0 Å². The van der Waals surface area contributed by atoms with E-state index in [2.05, 4.69) is 10.3 Å². The number of hydrogen-bond acceptors (Lipinski definition) is 3. The number of aromatic nitrogens is 1. The fourth-order valence-electron chi connectivity index (χ4n) is 3.52. The molecule has 4 nitrogen and oxygen atoms in total. The number of benzene rings is 1. The van der Waals surface area contributed by atoms with E-state index in [1.807, 2.05) is 35.2 Å². The van der Waals surface area contributed by atoms with Gasteiger partial charge >= 0.3 is 0 Å². The first-order chi connectivity index (χ1) is 10.3. The molecule has 1 aromatic heterocycles. The van der Waals surface area contributed by atoms with Crippen LogP contribution < -0.4 is 5.32 Å². The molecule has 124 valence electrons. The molecule has 2 aromatic rings. The molecule has 0 spiro atoms. The van der Waals surface area contributed by atoms with Crippen LogP contribution in [0.5, 0.6) is 0 Å². The molecule has 23 heavy (non-hydrogen) atoms. The summed E-state index contributed by atoms with van der Waals surface area (Å²) in [6.45, 7) is 1.69. The molecule has 3 heterocycles. The van der Waals surface area contributed by atoms with Gasteiger partial charge in [-0.3, -0.25) is 9.78 Å². The molecule has 2 saturated heterocycles. The van der Waals surface area contributed by atoms with E-state index in [0.29, 0.717) is 12.1 Å². The summed E-state index contributed by atoms with van der Waals surface area (Å²) in [5, 5.41) is 4.64. The van der Waals surface area contributed by atoms with Gasteiger partial charge in [0.05, 0.1) is 5.52 Å². The van der Waals surface area contributed by atoms with Crippen molar-refractivity contribution in [2.24, 2.45) is 0 Å². The van der Waals surface area contributed by atoms with Gasteiger partial charge in [0.2, 0.25) is 0 Å². The number of rotatable bonds is 1. The van der Waals surface area contributed by atoms with Gasteiger partial charge in [0.25, 0.3) is 5.91 Å². The van der Waals surface area contributed by atoms with Gasteiger partial charge in [-0.15, -0.1) is 24.8 Å². The van der Waals surface area contributed by atoms with Crippen molar-refractivity contribution in [1.29, 1.82) is 0 Å². The summed E-state index contributed by atoms with van der Waals surface area (Å²) in [6, 6.07) is 10.8. The fourth-order valence-corrected chi connectivity index (χ4v) is 3.52. The number of carbonyl (C=O) groups excluding carboxylic acids is 1. The van der Waals surface area contributed by atoms with Crippen LogP contribution in [0.3, 0.4) is 0 Å². The maximum atomic E-state index is 12.8. The van der Waals surface area contributed by atoms with Crippen LogP contribution in [-0.4, -0.2) is 41.0 Å². The molecule has 0 saturated carbocycles. The Morgan fingerprint density at radius 1 is 1.13 bits per heavy atom. The van der Waals surface area contributed by atoms with Crippen molar-refractivity contribution in [2.75, 3.05) is 13.1 Å². The summed E-state index contributed by atoms with van der Waals surface area (Å²) in [6.07, 6.45) is 5.29. The number of pyridine rings is 1. The summed E-state index contributed by atoms with van der Waals surface area (Å²) >= 11 is 0. The van der Waals surface area contributed by atoms with Gasteiger partial charge in [0.1, 0.15) is 0 Å². The smallest absolute Gasteiger partial charge is 0.253 e. The molecule has 2 unspecified atom stereocenters. The predicted molar refractivity (Wildman–Crippen MR) is 96.7 cm³/mol. The predicted octanol–water partition coefficient (Wildman–Crippen LogP) is 3.04. The Hall–Kier alpha value is -1.36. The lowest BCUT2D eigenvalue weighted by Crippen LogP contribution is -2.39. The van der Waals surface area contributed by atoms with Crippen molar-refractivity contribution in [1.82, 2.24) is 15.2 Å². The van der Waals surface area contributed by atoms with Gasteiger partial charge in [-0.05, 0) is 43.5 Å². The number of carbonyl (C=O) groups is 1. The van der Waals surface area contributed by atoms with E-state index in [4.69, 9.17) is 0 Å². The highest BCUT2D eigenvalue weighted by Gasteiger charge is 2.31. The summed E-state index contributed by atoms with van der Waals surface area (Å²) in [4.78, 5) is 19.1. The van der Waals surface area contributed by atoms with Crippen molar-refractivity contribution >= 4 is 41.6 Å². The molecule has 1 amide bonds. The van der Waals surface area contributed by atoms with Crippen LogP contribution in [0.15, 0.2) is 36.5 Å².